The van der Waals surface area contributed by atoms with E-state index in [0.29, 0.717) is 6.61 Å². The zero-order chi connectivity index (χ0) is 18.6. The maximum atomic E-state index is 7.88. The molecule has 0 aliphatic heterocycles. The fourth-order valence-corrected chi connectivity index (χ4v) is 3.22. The van der Waals surface area contributed by atoms with Crippen LogP contribution >= 0.6 is 0 Å². The largest absolute Gasteiger partial charge is 0.494 e. The molecule has 26 heavy (non-hydrogen) atoms. The lowest BCUT2D eigenvalue weighted by atomic mass is 9.79. The molecule has 2 nitrogen and oxygen atoms in total. The highest BCUT2D eigenvalue weighted by Gasteiger charge is 2.19. The van der Waals surface area contributed by atoms with Crippen molar-refractivity contribution in [1.82, 2.24) is 0 Å². The van der Waals surface area contributed by atoms with Crippen molar-refractivity contribution < 1.29 is 9.84 Å². The number of benzene rings is 2. The third-order valence-corrected chi connectivity index (χ3v) is 5.15. The van der Waals surface area contributed by atoms with E-state index >= 15 is 0 Å². The molecule has 0 spiro atoms. The summed E-state index contributed by atoms with van der Waals surface area (Å²) in [6, 6.07) is 13.5. The Morgan fingerprint density at radius 3 is 2.23 bits per heavy atom. The minimum Gasteiger partial charge on any atom is -0.494 e. The highest BCUT2D eigenvalue weighted by Crippen LogP contribution is 2.37. The number of hydrogen-bond donors (Lipinski definition) is 1. The Bertz CT molecular complexity index is 629. The zero-order valence-corrected chi connectivity index (χ0v) is 16.7. The molecule has 1 fully saturated rings. The average molecular weight is 357 g/mol. The molecule has 3 rings (SSSR count). The molecular weight excluding hydrogens is 320 g/mol. The fraction of sp³-hybridized carbons (Fsp3) is 0.583. The van der Waals surface area contributed by atoms with Crippen molar-refractivity contribution in [1.29, 1.82) is 0 Å². The number of hydrogen-bond acceptors (Lipinski definition) is 2. The number of fused-ring (bicyclic) bond motifs is 1. The lowest BCUT2D eigenvalue weighted by molar-refractivity contribution is 0.295. The van der Waals surface area contributed by atoms with Crippen molar-refractivity contribution in [2.24, 2.45) is 0 Å². The van der Waals surface area contributed by atoms with E-state index in [1.807, 2.05) is 6.92 Å². The second-order valence-electron chi connectivity index (χ2n) is 7.38. The van der Waals surface area contributed by atoms with Gasteiger partial charge in [-0.1, -0.05) is 70.2 Å². The molecule has 144 valence electrons. The van der Waals surface area contributed by atoms with Gasteiger partial charge in [-0.05, 0) is 60.1 Å². The molecule has 2 heteroatoms. The third-order valence-electron chi connectivity index (χ3n) is 5.15. The van der Waals surface area contributed by atoms with Crippen LogP contribution < -0.4 is 4.74 Å². The second kappa shape index (κ2) is 12.0. The first-order chi connectivity index (χ1) is 12.8. The van der Waals surface area contributed by atoms with Gasteiger partial charge in [0.2, 0.25) is 0 Å². The first kappa shape index (κ1) is 20.8. The second-order valence-corrected chi connectivity index (χ2v) is 7.38. The maximum Gasteiger partial charge on any atom is 0.119 e. The molecule has 2 aromatic rings. The van der Waals surface area contributed by atoms with Crippen molar-refractivity contribution in [2.45, 2.75) is 77.6 Å². The molecular formula is C24H36O2. The van der Waals surface area contributed by atoms with Gasteiger partial charge in [-0.25, -0.2) is 0 Å². The Morgan fingerprint density at radius 1 is 0.885 bits per heavy atom. The summed E-state index contributed by atoms with van der Waals surface area (Å²) in [5, 5.41) is 10.5. The van der Waals surface area contributed by atoms with Crippen LogP contribution in [0.5, 0.6) is 5.75 Å². The molecule has 0 atom stereocenters. The topological polar surface area (TPSA) is 29.5 Å². The minimum absolute atomic E-state index is 0.319. The van der Waals surface area contributed by atoms with Crippen LogP contribution in [0.15, 0.2) is 36.4 Å². The molecule has 0 aromatic heterocycles. The van der Waals surface area contributed by atoms with Crippen molar-refractivity contribution in [3.8, 4) is 5.75 Å². The lowest BCUT2D eigenvalue weighted by Gasteiger charge is -2.26. The maximum absolute atomic E-state index is 7.88. The quantitative estimate of drug-likeness (QED) is 0.498. The molecule has 0 heterocycles. The van der Waals surface area contributed by atoms with Crippen LogP contribution in [-0.4, -0.2) is 18.3 Å². The highest BCUT2D eigenvalue weighted by molar-refractivity contribution is 5.84. The van der Waals surface area contributed by atoms with E-state index in [9.17, 15) is 0 Å². The van der Waals surface area contributed by atoms with E-state index in [1.165, 1.54) is 67.7 Å². The van der Waals surface area contributed by atoms with Gasteiger partial charge in [0.05, 0.1) is 6.61 Å². The van der Waals surface area contributed by atoms with Gasteiger partial charge < -0.3 is 9.84 Å². The third kappa shape index (κ3) is 6.64. The Balaban J connectivity index is 0.000000552. The predicted molar refractivity (Wildman–Crippen MR) is 112 cm³/mol. The zero-order valence-electron chi connectivity index (χ0n) is 16.7. The Hall–Kier alpha value is -1.54. The smallest absolute Gasteiger partial charge is 0.119 e. The van der Waals surface area contributed by atoms with Crippen LogP contribution in [-0.2, 0) is 0 Å². The summed E-state index contributed by atoms with van der Waals surface area (Å²) in [4.78, 5) is 0. The summed E-state index contributed by atoms with van der Waals surface area (Å²) >= 11 is 0. The van der Waals surface area contributed by atoms with Gasteiger partial charge in [-0.2, -0.15) is 0 Å². The predicted octanol–water partition coefficient (Wildman–Crippen LogP) is 6.85. The van der Waals surface area contributed by atoms with Crippen molar-refractivity contribution >= 4 is 10.8 Å². The summed E-state index contributed by atoms with van der Waals surface area (Å²) in [6.07, 6.45) is 11.4. The number of rotatable bonds is 9. The SMILES string of the molecule is CCCCCCCOc1ccc2cc(C3CCC3)ccc2c1.CCCO. The Labute approximate surface area is 159 Å². The fourth-order valence-electron chi connectivity index (χ4n) is 3.22. The van der Waals surface area contributed by atoms with Crippen LogP contribution in [0.25, 0.3) is 10.8 Å². The van der Waals surface area contributed by atoms with E-state index in [2.05, 4.69) is 43.3 Å². The standard InChI is InChI=1S/C21H28O.C3H8O/c1-2-3-4-5-6-14-22-21-13-12-19-15-18(17-8-7-9-17)10-11-20(19)16-21;1-2-3-4/h10-13,15-17H,2-9,14H2,1H3;4H,2-3H2,1H3. The van der Waals surface area contributed by atoms with Crippen LogP contribution in [0.1, 0.15) is 83.1 Å². The normalized spacial score (nSPS) is 13.8. The van der Waals surface area contributed by atoms with Gasteiger partial charge in [0.1, 0.15) is 5.75 Å². The van der Waals surface area contributed by atoms with Crippen LogP contribution in [0.2, 0.25) is 0 Å². The lowest BCUT2D eigenvalue weighted by Crippen LogP contribution is -2.08. The number of ether oxygens (including phenoxy) is 1. The molecule has 1 aliphatic carbocycles. The van der Waals surface area contributed by atoms with E-state index < -0.39 is 0 Å². The molecule has 0 bridgehead atoms. The van der Waals surface area contributed by atoms with Gasteiger partial charge in [0.25, 0.3) is 0 Å². The minimum atomic E-state index is 0.319. The Morgan fingerprint density at radius 2 is 1.58 bits per heavy atom. The molecule has 1 aliphatic rings. The van der Waals surface area contributed by atoms with Crippen LogP contribution in [0.3, 0.4) is 0 Å². The van der Waals surface area contributed by atoms with Crippen molar-refractivity contribution in [3.63, 3.8) is 0 Å². The van der Waals surface area contributed by atoms with E-state index in [4.69, 9.17) is 9.84 Å². The number of aliphatic hydroxyl groups excluding tert-OH is 1. The van der Waals surface area contributed by atoms with E-state index in [1.54, 1.807) is 0 Å². The summed E-state index contributed by atoms with van der Waals surface area (Å²) < 4.78 is 5.90. The highest BCUT2D eigenvalue weighted by atomic mass is 16.5. The van der Waals surface area contributed by atoms with Crippen molar-refractivity contribution in [3.05, 3.63) is 42.0 Å². The summed E-state index contributed by atoms with van der Waals surface area (Å²) in [5.41, 5.74) is 1.52. The number of aliphatic hydroxyl groups is 1. The molecule has 0 amide bonds. The molecule has 2 aromatic carbocycles. The van der Waals surface area contributed by atoms with Gasteiger partial charge in [-0.3, -0.25) is 0 Å². The summed E-state index contributed by atoms with van der Waals surface area (Å²) in [5.74, 6) is 1.82. The van der Waals surface area contributed by atoms with Gasteiger partial charge in [-0.15, -0.1) is 0 Å². The number of unbranched alkanes of at least 4 members (excludes halogenated alkanes) is 4. The van der Waals surface area contributed by atoms with Gasteiger partial charge in [0, 0.05) is 6.61 Å². The molecule has 1 N–H and O–H groups in total. The van der Waals surface area contributed by atoms with Crippen LogP contribution in [0.4, 0.5) is 0 Å². The Kier molecular flexibility index (Phi) is 9.55. The van der Waals surface area contributed by atoms with E-state index in [-0.39, 0.29) is 0 Å². The molecule has 0 saturated heterocycles. The van der Waals surface area contributed by atoms with Crippen LogP contribution in [0, 0.1) is 0 Å². The summed E-state index contributed by atoms with van der Waals surface area (Å²) in [6.45, 7) is 5.34. The van der Waals surface area contributed by atoms with E-state index in [0.717, 1.165) is 24.7 Å². The monoisotopic (exact) mass is 356 g/mol. The molecule has 0 unspecified atom stereocenters. The van der Waals surface area contributed by atoms with Gasteiger partial charge >= 0.3 is 0 Å². The first-order valence-electron chi connectivity index (χ1n) is 10.6. The molecule has 1 saturated carbocycles. The van der Waals surface area contributed by atoms with Gasteiger partial charge in [0.15, 0.2) is 0 Å². The molecule has 0 radical (unpaired) electrons. The first-order valence-corrected chi connectivity index (χ1v) is 10.6. The summed E-state index contributed by atoms with van der Waals surface area (Å²) in [7, 11) is 0. The average Bonchev–Trinajstić information content (AvgIpc) is 2.63. The van der Waals surface area contributed by atoms with Crippen molar-refractivity contribution in [2.75, 3.05) is 13.2 Å².